The van der Waals surface area contributed by atoms with Gasteiger partial charge in [-0.2, -0.15) is 0 Å². The predicted molar refractivity (Wildman–Crippen MR) is 120 cm³/mol. The van der Waals surface area contributed by atoms with Crippen LogP contribution in [0.5, 0.6) is 0 Å². The van der Waals surface area contributed by atoms with Gasteiger partial charge in [-0.1, -0.05) is 69.0 Å². The molecular weight excluding hydrogens is 378 g/mol. The fourth-order valence-electron chi connectivity index (χ4n) is 4.68. The Balaban J connectivity index is 1.69. The Bertz CT molecular complexity index is 771. The van der Waals surface area contributed by atoms with Crippen molar-refractivity contribution in [2.24, 2.45) is 5.92 Å². The number of unbranched alkanes of at least 4 members (excludes halogenated alkanes) is 2. The average molecular weight is 413 g/mol. The van der Waals surface area contributed by atoms with Gasteiger partial charge >= 0.3 is 0 Å². The lowest BCUT2D eigenvalue weighted by molar-refractivity contribution is 0.0984. The minimum atomic E-state index is -0.785. The van der Waals surface area contributed by atoms with Crippen molar-refractivity contribution in [1.82, 2.24) is 0 Å². The van der Waals surface area contributed by atoms with E-state index in [4.69, 9.17) is 4.74 Å². The van der Waals surface area contributed by atoms with Crippen LogP contribution < -0.4 is 0 Å². The molecule has 0 aliphatic heterocycles. The highest BCUT2D eigenvalue weighted by Crippen LogP contribution is 2.38. The fourth-order valence-corrected chi connectivity index (χ4v) is 4.68. The lowest BCUT2D eigenvalue weighted by Crippen LogP contribution is -2.14. The van der Waals surface area contributed by atoms with E-state index in [1.807, 2.05) is 12.1 Å². The number of halogens is 2. The largest absolute Gasteiger partial charge is 0.365 e. The molecule has 30 heavy (non-hydrogen) atoms. The summed E-state index contributed by atoms with van der Waals surface area (Å²) in [6, 6.07) is 12.1. The number of hydrogen-bond donors (Lipinski definition) is 0. The molecule has 1 aliphatic rings. The minimum Gasteiger partial charge on any atom is -0.365 e. The molecule has 1 saturated carbocycles. The predicted octanol–water partition coefficient (Wildman–Crippen LogP) is 8.11. The molecule has 162 valence electrons. The maximum absolute atomic E-state index is 14.4. The van der Waals surface area contributed by atoms with Gasteiger partial charge in [0.25, 0.3) is 0 Å². The van der Waals surface area contributed by atoms with Crippen LogP contribution in [0.25, 0.3) is 0 Å². The summed E-state index contributed by atoms with van der Waals surface area (Å²) >= 11 is 0. The van der Waals surface area contributed by atoms with E-state index in [9.17, 15) is 8.78 Å². The molecule has 1 aliphatic carbocycles. The van der Waals surface area contributed by atoms with Gasteiger partial charge in [-0.05, 0) is 60.8 Å². The highest BCUT2D eigenvalue weighted by molar-refractivity contribution is 5.35. The van der Waals surface area contributed by atoms with Crippen LogP contribution in [0, 0.1) is 17.6 Å². The van der Waals surface area contributed by atoms with Crippen LogP contribution in [0.15, 0.2) is 55.1 Å². The first-order chi connectivity index (χ1) is 14.6. The van der Waals surface area contributed by atoms with Gasteiger partial charge in [0, 0.05) is 0 Å². The molecule has 3 heteroatoms. The molecule has 0 amide bonds. The van der Waals surface area contributed by atoms with E-state index in [-0.39, 0.29) is 12.2 Å². The lowest BCUT2D eigenvalue weighted by Gasteiger charge is -2.29. The lowest BCUT2D eigenvalue weighted by atomic mass is 9.77. The van der Waals surface area contributed by atoms with Crippen molar-refractivity contribution in [2.75, 3.05) is 6.61 Å². The van der Waals surface area contributed by atoms with Crippen molar-refractivity contribution in [3.63, 3.8) is 0 Å². The summed E-state index contributed by atoms with van der Waals surface area (Å²) < 4.78 is 34.5. The number of benzene rings is 2. The molecule has 1 unspecified atom stereocenters. The Labute approximate surface area is 180 Å². The zero-order valence-corrected chi connectivity index (χ0v) is 18.1. The molecular formula is C27H34F2O. The van der Waals surface area contributed by atoms with Crippen LogP contribution in [-0.4, -0.2) is 6.61 Å². The molecule has 0 spiro atoms. The Morgan fingerprint density at radius 1 is 1.00 bits per heavy atom. The number of rotatable bonds is 10. The van der Waals surface area contributed by atoms with Crippen molar-refractivity contribution < 1.29 is 13.5 Å². The van der Waals surface area contributed by atoms with Crippen molar-refractivity contribution in [3.8, 4) is 0 Å². The molecule has 1 atom stereocenters. The number of ether oxygens (including phenoxy) is 1. The summed E-state index contributed by atoms with van der Waals surface area (Å²) in [6.07, 6.45) is 11.3. The molecule has 0 radical (unpaired) electrons. The maximum atomic E-state index is 14.4. The van der Waals surface area contributed by atoms with Crippen molar-refractivity contribution in [2.45, 2.75) is 70.3 Å². The first kappa shape index (κ1) is 22.7. The summed E-state index contributed by atoms with van der Waals surface area (Å²) in [5.41, 5.74) is 2.04. The van der Waals surface area contributed by atoms with Crippen LogP contribution in [0.1, 0.15) is 87.0 Å². The van der Waals surface area contributed by atoms with Gasteiger partial charge < -0.3 is 4.74 Å². The topological polar surface area (TPSA) is 9.23 Å². The maximum Gasteiger partial charge on any atom is 0.132 e. The van der Waals surface area contributed by atoms with Gasteiger partial charge in [0.05, 0.1) is 12.2 Å². The van der Waals surface area contributed by atoms with Crippen LogP contribution >= 0.6 is 0 Å². The van der Waals surface area contributed by atoms with Gasteiger partial charge in [-0.15, -0.1) is 6.58 Å². The van der Waals surface area contributed by atoms with Crippen molar-refractivity contribution >= 4 is 0 Å². The molecule has 3 rings (SSSR count). The quantitative estimate of drug-likeness (QED) is 0.283. The zero-order chi connectivity index (χ0) is 21.3. The second kappa shape index (κ2) is 11.4. The first-order valence-electron chi connectivity index (χ1n) is 11.4. The summed E-state index contributed by atoms with van der Waals surface area (Å²) in [4.78, 5) is 0. The summed E-state index contributed by atoms with van der Waals surface area (Å²) in [5, 5.41) is 0. The molecule has 0 bridgehead atoms. The van der Waals surface area contributed by atoms with E-state index in [0.29, 0.717) is 5.92 Å². The van der Waals surface area contributed by atoms with Crippen LogP contribution in [0.4, 0.5) is 8.78 Å². The fraction of sp³-hybridized carbons (Fsp3) is 0.481. The molecule has 0 saturated heterocycles. The van der Waals surface area contributed by atoms with Gasteiger partial charge in [0.15, 0.2) is 0 Å². The van der Waals surface area contributed by atoms with Crippen LogP contribution in [0.2, 0.25) is 0 Å². The van der Waals surface area contributed by atoms with E-state index >= 15 is 0 Å². The number of hydrogen-bond acceptors (Lipinski definition) is 1. The monoisotopic (exact) mass is 412 g/mol. The normalized spacial score (nSPS) is 20.1. The third-order valence-corrected chi connectivity index (χ3v) is 6.42. The van der Waals surface area contributed by atoms with Crippen LogP contribution in [0.3, 0.4) is 0 Å². The van der Waals surface area contributed by atoms with E-state index in [1.165, 1.54) is 75.1 Å². The van der Waals surface area contributed by atoms with E-state index < -0.39 is 17.7 Å². The zero-order valence-electron chi connectivity index (χ0n) is 18.1. The highest BCUT2D eigenvalue weighted by atomic mass is 19.1. The summed E-state index contributed by atoms with van der Waals surface area (Å²) in [5.74, 6) is 0.288. The summed E-state index contributed by atoms with van der Waals surface area (Å²) in [7, 11) is 0. The van der Waals surface area contributed by atoms with Crippen molar-refractivity contribution in [1.29, 1.82) is 0 Å². The smallest absolute Gasteiger partial charge is 0.132 e. The second-order valence-electron chi connectivity index (χ2n) is 8.52. The Morgan fingerprint density at radius 3 is 2.27 bits per heavy atom. The Kier molecular flexibility index (Phi) is 8.62. The van der Waals surface area contributed by atoms with E-state index in [1.54, 1.807) is 6.08 Å². The third-order valence-electron chi connectivity index (χ3n) is 6.42. The Hall–Kier alpha value is -2.00. The molecule has 1 fully saturated rings. The Morgan fingerprint density at radius 2 is 1.67 bits per heavy atom. The van der Waals surface area contributed by atoms with Gasteiger partial charge in [-0.25, -0.2) is 8.78 Å². The standard InChI is InChI=1S/C27H34F2O/c1-3-5-6-8-20-11-13-21(14-12-20)22-15-17-23(18-16-22)27(30-19-4-2)26-24(28)9-7-10-25(26)29/h4,7,9-10,15-18,20-21,27H,2-3,5-6,8,11-14,19H2,1H3. The van der Waals surface area contributed by atoms with E-state index in [2.05, 4.69) is 25.6 Å². The minimum absolute atomic E-state index is 0.0420. The van der Waals surface area contributed by atoms with Gasteiger partial charge in [-0.3, -0.25) is 0 Å². The van der Waals surface area contributed by atoms with Crippen LogP contribution in [-0.2, 0) is 4.74 Å². The molecule has 0 heterocycles. The molecule has 1 nitrogen and oxygen atoms in total. The molecule has 0 aromatic heterocycles. The molecule has 0 N–H and O–H groups in total. The average Bonchev–Trinajstić information content (AvgIpc) is 2.77. The molecule has 2 aromatic carbocycles. The summed E-state index contributed by atoms with van der Waals surface area (Å²) in [6.45, 7) is 6.14. The third kappa shape index (κ3) is 5.78. The SMILES string of the molecule is C=CCOC(c1ccc(C2CCC(CCCCC)CC2)cc1)c1c(F)cccc1F. The van der Waals surface area contributed by atoms with Gasteiger partial charge in [0.1, 0.15) is 17.7 Å². The second-order valence-corrected chi connectivity index (χ2v) is 8.52. The highest BCUT2D eigenvalue weighted by Gasteiger charge is 2.25. The van der Waals surface area contributed by atoms with Crippen molar-refractivity contribution in [3.05, 3.63) is 83.4 Å². The molecule has 2 aromatic rings. The van der Waals surface area contributed by atoms with Gasteiger partial charge in [0.2, 0.25) is 0 Å². The van der Waals surface area contributed by atoms with E-state index in [0.717, 1.165) is 11.5 Å². The first-order valence-corrected chi connectivity index (χ1v) is 11.4.